The number of ether oxygens (including phenoxy) is 1. The van der Waals surface area contributed by atoms with Crippen molar-refractivity contribution in [3.05, 3.63) is 60.3 Å². The molecule has 2 aromatic rings. The van der Waals surface area contributed by atoms with Crippen molar-refractivity contribution in [1.29, 1.82) is 0 Å². The van der Waals surface area contributed by atoms with Crippen LogP contribution in [-0.4, -0.2) is 40.2 Å². The highest BCUT2D eigenvalue weighted by Crippen LogP contribution is 2.28. The third kappa shape index (κ3) is 4.25. The summed E-state index contributed by atoms with van der Waals surface area (Å²) < 4.78 is 5.50. The van der Waals surface area contributed by atoms with E-state index in [0.29, 0.717) is 18.3 Å². The van der Waals surface area contributed by atoms with E-state index in [1.807, 2.05) is 36.4 Å². The van der Waals surface area contributed by atoms with Crippen molar-refractivity contribution in [2.75, 3.05) is 13.2 Å². The Labute approximate surface area is 147 Å². The number of hydrogen-bond acceptors (Lipinski definition) is 4. The van der Waals surface area contributed by atoms with Crippen molar-refractivity contribution < 1.29 is 14.6 Å². The van der Waals surface area contributed by atoms with Gasteiger partial charge in [-0.1, -0.05) is 25.1 Å². The standard InChI is InChI=1S/C20H22N2O3/c1-2-17-6-5-11-22(17)13-16-12-15(18-7-3-4-10-21-18)8-9-19(16)25-14-20(23)24/h3-10,12,17H,2,11,13-14H2,1H3,(H,23,24). The van der Waals surface area contributed by atoms with Crippen molar-refractivity contribution in [2.24, 2.45) is 0 Å². The van der Waals surface area contributed by atoms with Gasteiger partial charge in [-0.05, 0) is 36.8 Å². The van der Waals surface area contributed by atoms with Crippen molar-refractivity contribution in [3.63, 3.8) is 0 Å². The van der Waals surface area contributed by atoms with Gasteiger partial charge in [-0.15, -0.1) is 0 Å². The Morgan fingerprint density at radius 3 is 2.96 bits per heavy atom. The molecule has 1 aromatic heterocycles. The van der Waals surface area contributed by atoms with Crippen LogP contribution < -0.4 is 4.74 Å². The smallest absolute Gasteiger partial charge is 0.341 e. The summed E-state index contributed by atoms with van der Waals surface area (Å²) in [4.78, 5) is 17.6. The van der Waals surface area contributed by atoms with E-state index >= 15 is 0 Å². The van der Waals surface area contributed by atoms with Crippen LogP contribution in [0.2, 0.25) is 0 Å². The molecule has 3 rings (SSSR count). The second-order valence-electron chi connectivity index (χ2n) is 6.05. The highest BCUT2D eigenvalue weighted by Gasteiger charge is 2.20. The summed E-state index contributed by atoms with van der Waals surface area (Å²) in [5, 5.41) is 8.91. The molecular formula is C20H22N2O3. The number of pyridine rings is 1. The minimum atomic E-state index is -0.978. The van der Waals surface area contributed by atoms with Crippen LogP contribution in [0.4, 0.5) is 0 Å². The fourth-order valence-electron chi connectivity index (χ4n) is 3.08. The molecule has 0 saturated heterocycles. The molecule has 0 aliphatic carbocycles. The van der Waals surface area contributed by atoms with Crippen LogP contribution in [-0.2, 0) is 11.3 Å². The van der Waals surface area contributed by atoms with E-state index in [9.17, 15) is 4.79 Å². The van der Waals surface area contributed by atoms with Gasteiger partial charge >= 0.3 is 5.97 Å². The molecule has 0 radical (unpaired) electrons. The Morgan fingerprint density at radius 1 is 1.36 bits per heavy atom. The molecule has 1 aliphatic heterocycles. The molecule has 0 fully saturated rings. The molecule has 5 nitrogen and oxygen atoms in total. The van der Waals surface area contributed by atoms with Gasteiger partial charge in [0.1, 0.15) is 5.75 Å². The average Bonchev–Trinajstić information content (AvgIpc) is 3.08. The molecular weight excluding hydrogens is 316 g/mol. The Kier molecular flexibility index (Phi) is 5.46. The van der Waals surface area contributed by atoms with Gasteiger partial charge in [-0.3, -0.25) is 9.88 Å². The first-order chi connectivity index (χ1) is 12.2. The first-order valence-corrected chi connectivity index (χ1v) is 8.47. The number of benzene rings is 1. The van der Waals surface area contributed by atoms with Crippen LogP contribution in [0.1, 0.15) is 18.9 Å². The molecule has 1 aliphatic rings. The van der Waals surface area contributed by atoms with Crippen molar-refractivity contribution >= 4 is 5.97 Å². The summed E-state index contributed by atoms with van der Waals surface area (Å²) in [7, 11) is 0. The van der Waals surface area contributed by atoms with E-state index in [-0.39, 0.29) is 6.61 Å². The number of rotatable bonds is 7. The monoisotopic (exact) mass is 338 g/mol. The third-order valence-corrected chi connectivity index (χ3v) is 4.33. The van der Waals surface area contributed by atoms with E-state index in [2.05, 4.69) is 29.0 Å². The molecule has 5 heteroatoms. The van der Waals surface area contributed by atoms with Gasteiger partial charge in [0.2, 0.25) is 0 Å². The molecule has 25 heavy (non-hydrogen) atoms. The van der Waals surface area contributed by atoms with E-state index in [1.165, 1.54) is 0 Å². The van der Waals surface area contributed by atoms with Crippen LogP contribution in [0.25, 0.3) is 11.3 Å². The van der Waals surface area contributed by atoms with Gasteiger partial charge in [-0.25, -0.2) is 4.79 Å². The summed E-state index contributed by atoms with van der Waals surface area (Å²) in [5.74, 6) is -0.363. The minimum Gasteiger partial charge on any atom is -0.482 e. The number of carboxylic acids is 1. The molecule has 1 aromatic carbocycles. The minimum absolute atomic E-state index is 0.342. The van der Waals surface area contributed by atoms with Crippen LogP contribution in [0.15, 0.2) is 54.7 Å². The highest BCUT2D eigenvalue weighted by molar-refractivity contribution is 5.69. The zero-order chi connectivity index (χ0) is 17.6. The zero-order valence-corrected chi connectivity index (χ0v) is 14.3. The van der Waals surface area contributed by atoms with Gasteiger partial charge in [0.05, 0.1) is 5.69 Å². The van der Waals surface area contributed by atoms with Gasteiger partial charge in [0.25, 0.3) is 0 Å². The predicted molar refractivity (Wildman–Crippen MR) is 96.4 cm³/mol. The first-order valence-electron chi connectivity index (χ1n) is 8.47. The summed E-state index contributed by atoms with van der Waals surface area (Å²) in [6.07, 6.45) is 7.21. The molecule has 1 N–H and O–H groups in total. The van der Waals surface area contributed by atoms with E-state index in [1.54, 1.807) is 6.20 Å². The predicted octanol–water partition coefficient (Wildman–Crippen LogP) is 3.36. The van der Waals surface area contributed by atoms with E-state index in [4.69, 9.17) is 9.84 Å². The molecule has 0 saturated carbocycles. The van der Waals surface area contributed by atoms with Crippen LogP contribution in [0.5, 0.6) is 5.75 Å². The van der Waals surface area contributed by atoms with Gasteiger partial charge in [0.15, 0.2) is 6.61 Å². The lowest BCUT2D eigenvalue weighted by atomic mass is 10.1. The lowest BCUT2D eigenvalue weighted by Crippen LogP contribution is -2.29. The summed E-state index contributed by atoms with van der Waals surface area (Å²) >= 11 is 0. The summed E-state index contributed by atoms with van der Waals surface area (Å²) in [6, 6.07) is 12.0. The number of carbonyl (C=O) groups is 1. The molecule has 0 amide bonds. The van der Waals surface area contributed by atoms with Crippen LogP contribution >= 0.6 is 0 Å². The van der Waals surface area contributed by atoms with Crippen LogP contribution in [0, 0.1) is 0 Å². The lowest BCUT2D eigenvalue weighted by molar-refractivity contribution is -0.139. The Bertz CT molecular complexity index is 759. The number of aromatic nitrogens is 1. The topological polar surface area (TPSA) is 62.7 Å². The molecule has 1 atom stereocenters. The van der Waals surface area contributed by atoms with Crippen molar-refractivity contribution in [1.82, 2.24) is 9.88 Å². The SMILES string of the molecule is CCC1C=CCN1Cc1cc(-c2ccccn2)ccc1OCC(=O)O. The van der Waals surface area contributed by atoms with Gasteiger partial charge < -0.3 is 9.84 Å². The molecule has 0 bridgehead atoms. The number of carboxylic acid groups (broad SMARTS) is 1. The van der Waals surface area contributed by atoms with Crippen molar-refractivity contribution in [3.8, 4) is 17.0 Å². The average molecular weight is 338 g/mol. The highest BCUT2D eigenvalue weighted by atomic mass is 16.5. The molecule has 2 heterocycles. The Hall–Kier alpha value is -2.66. The largest absolute Gasteiger partial charge is 0.482 e. The Morgan fingerprint density at radius 2 is 2.24 bits per heavy atom. The fraction of sp³-hybridized carbons (Fsp3) is 0.300. The quantitative estimate of drug-likeness (QED) is 0.784. The first kappa shape index (κ1) is 17.2. The maximum Gasteiger partial charge on any atom is 0.341 e. The maximum atomic E-state index is 10.9. The molecule has 130 valence electrons. The normalized spacial score (nSPS) is 16.9. The van der Waals surface area contributed by atoms with Crippen LogP contribution in [0.3, 0.4) is 0 Å². The number of aliphatic carboxylic acids is 1. The fourth-order valence-corrected chi connectivity index (χ4v) is 3.08. The second kappa shape index (κ2) is 7.94. The molecule has 1 unspecified atom stereocenters. The third-order valence-electron chi connectivity index (χ3n) is 4.33. The number of nitrogens with zero attached hydrogens (tertiary/aromatic N) is 2. The van der Waals surface area contributed by atoms with Gasteiger partial charge in [0, 0.05) is 36.5 Å². The lowest BCUT2D eigenvalue weighted by Gasteiger charge is -2.24. The zero-order valence-electron chi connectivity index (χ0n) is 14.3. The number of hydrogen-bond donors (Lipinski definition) is 1. The Balaban J connectivity index is 1.89. The summed E-state index contributed by atoms with van der Waals surface area (Å²) in [6.45, 7) is 3.43. The van der Waals surface area contributed by atoms with E-state index in [0.717, 1.165) is 29.8 Å². The van der Waals surface area contributed by atoms with Crippen molar-refractivity contribution in [2.45, 2.75) is 25.9 Å². The maximum absolute atomic E-state index is 10.9. The van der Waals surface area contributed by atoms with E-state index < -0.39 is 5.97 Å². The summed E-state index contributed by atoms with van der Waals surface area (Å²) in [5.41, 5.74) is 2.87. The van der Waals surface area contributed by atoms with Gasteiger partial charge in [-0.2, -0.15) is 0 Å². The molecule has 0 spiro atoms. The second-order valence-corrected chi connectivity index (χ2v) is 6.05.